The maximum absolute atomic E-state index is 12.7. The zero-order valence-corrected chi connectivity index (χ0v) is 12.4. The normalized spacial score (nSPS) is 25.2. The molecule has 0 aromatic heterocycles. The number of hydrogen-bond donors (Lipinski definition) is 1. The third-order valence-electron chi connectivity index (χ3n) is 5.30. The van der Waals surface area contributed by atoms with Crippen LogP contribution in [0.3, 0.4) is 0 Å². The molecule has 2 fully saturated rings. The molecule has 3 heteroatoms. The Labute approximate surface area is 121 Å². The highest BCUT2D eigenvalue weighted by molar-refractivity contribution is 5.83. The van der Waals surface area contributed by atoms with Gasteiger partial charge in [0.1, 0.15) is 0 Å². The van der Waals surface area contributed by atoms with Crippen LogP contribution in [0, 0.1) is 11.3 Å². The minimum atomic E-state index is 0.156. The lowest BCUT2D eigenvalue weighted by atomic mass is 9.91. The number of nitrogens with one attached hydrogen (secondary N) is 1. The smallest absolute Gasteiger partial charge is 0.226 e. The molecule has 1 aliphatic heterocycles. The van der Waals surface area contributed by atoms with Crippen LogP contribution in [0.5, 0.6) is 0 Å². The Balaban J connectivity index is 1.66. The van der Waals surface area contributed by atoms with E-state index in [0.717, 1.165) is 32.4 Å². The number of carbonyl (C=O) groups is 1. The highest BCUT2D eigenvalue weighted by Gasteiger charge is 2.58. The Kier molecular flexibility index (Phi) is 3.55. The number of carbonyl (C=O) groups excluding carboxylic acids is 1. The van der Waals surface area contributed by atoms with Crippen molar-refractivity contribution in [2.45, 2.75) is 32.2 Å². The third-order valence-corrected chi connectivity index (χ3v) is 5.30. The van der Waals surface area contributed by atoms with Crippen LogP contribution in [-0.4, -0.2) is 30.9 Å². The van der Waals surface area contributed by atoms with Crippen LogP contribution in [0.2, 0.25) is 0 Å². The van der Waals surface area contributed by atoms with Crippen LogP contribution in [0.4, 0.5) is 0 Å². The van der Waals surface area contributed by atoms with Crippen molar-refractivity contribution in [2.24, 2.45) is 11.3 Å². The van der Waals surface area contributed by atoms with Crippen molar-refractivity contribution in [3.63, 3.8) is 0 Å². The Morgan fingerprint density at radius 3 is 2.60 bits per heavy atom. The molecule has 3 nitrogen and oxygen atoms in total. The second-order valence-corrected chi connectivity index (χ2v) is 6.40. The summed E-state index contributed by atoms with van der Waals surface area (Å²) in [5.41, 5.74) is 1.54. The Hall–Kier alpha value is -1.35. The molecule has 1 saturated heterocycles. The van der Waals surface area contributed by atoms with Gasteiger partial charge in [0.15, 0.2) is 0 Å². The van der Waals surface area contributed by atoms with Crippen LogP contribution in [0.1, 0.15) is 37.8 Å². The first-order chi connectivity index (χ1) is 9.64. The van der Waals surface area contributed by atoms with Gasteiger partial charge in [-0.25, -0.2) is 0 Å². The number of rotatable bonds is 3. The molecule has 1 N–H and O–H groups in total. The molecular weight excluding hydrogens is 248 g/mol. The number of benzene rings is 1. The molecule has 1 aliphatic carbocycles. The fourth-order valence-corrected chi connectivity index (χ4v) is 3.57. The topological polar surface area (TPSA) is 32.3 Å². The Bertz CT molecular complexity index is 479. The predicted molar refractivity (Wildman–Crippen MR) is 80.3 cm³/mol. The second-order valence-electron chi connectivity index (χ2n) is 6.40. The summed E-state index contributed by atoms with van der Waals surface area (Å²) >= 11 is 0. The van der Waals surface area contributed by atoms with Gasteiger partial charge in [-0.3, -0.25) is 4.79 Å². The molecule has 1 amide bonds. The zero-order chi connectivity index (χ0) is 14.2. The number of nitrogens with zero attached hydrogens (tertiary/aromatic N) is 1. The maximum atomic E-state index is 12.7. The summed E-state index contributed by atoms with van der Waals surface area (Å²) in [7, 11) is 1.95. The van der Waals surface area contributed by atoms with Crippen LogP contribution in [-0.2, 0) is 4.79 Å². The molecule has 108 valence electrons. The van der Waals surface area contributed by atoms with Gasteiger partial charge in [-0.1, -0.05) is 30.3 Å². The first-order valence-corrected chi connectivity index (χ1v) is 7.66. The Morgan fingerprint density at radius 1 is 1.30 bits per heavy atom. The fourth-order valence-electron chi connectivity index (χ4n) is 3.57. The van der Waals surface area contributed by atoms with Gasteiger partial charge in [-0.05, 0) is 50.3 Å². The Morgan fingerprint density at radius 2 is 1.95 bits per heavy atom. The standard InChI is InChI=1S/C17H24N2O/c1-13(14-6-4-3-5-7-14)19(2)16(20)15-12-17(15)8-10-18-11-9-17/h3-7,13,15,18H,8-12H2,1-2H3. The van der Waals surface area contributed by atoms with Gasteiger partial charge in [-0.2, -0.15) is 0 Å². The van der Waals surface area contributed by atoms with Crippen LogP contribution in [0.15, 0.2) is 30.3 Å². The van der Waals surface area contributed by atoms with Gasteiger partial charge in [0.25, 0.3) is 0 Å². The number of piperidine rings is 1. The van der Waals surface area contributed by atoms with Gasteiger partial charge >= 0.3 is 0 Å². The van der Waals surface area contributed by atoms with Crippen molar-refractivity contribution in [2.75, 3.05) is 20.1 Å². The summed E-state index contributed by atoms with van der Waals surface area (Å²) in [5.74, 6) is 0.601. The van der Waals surface area contributed by atoms with Crippen molar-refractivity contribution >= 4 is 5.91 Å². The quantitative estimate of drug-likeness (QED) is 0.917. The molecule has 20 heavy (non-hydrogen) atoms. The average molecular weight is 272 g/mol. The van der Waals surface area contributed by atoms with Gasteiger partial charge in [0.05, 0.1) is 6.04 Å². The molecule has 1 spiro atoms. The lowest BCUT2D eigenvalue weighted by Gasteiger charge is -2.28. The van der Waals surface area contributed by atoms with Crippen molar-refractivity contribution in [1.29, 1.82) is 0 Å². The van der Waals surface area contributed by atoms with E-state index in [2.05, 4.69) is 24.4 Å². The third kappa shape index (κ3) is 2.35. The van der Waals surface area contributed by atoms with Gasteiger partial charge in [-0.15, -0.1) is 0 Å². The summed E-state index contributed by atoms with van der Waals surface area (Å²) in [6.45, 7) is 4.26. The molecule has 0 bridgehead atoms. The van der Waals surface area contributed by atoms with Crippen molar-refractivity contribution in [3.8, 4) is 0 Å². The average Bonchev–Trinajstić information content (AvgIpc) is 3.19. The minimum Gasteiger partial charge on any atom is -0.339 e. The summed E-state index contributed by atoms with van der Waals surface area (Å²) in [5, 5.41) is 3.39. The monoisotopic (exact) mass is 272 g/mol. The predicted octanol–water partition coefficient (Wildman–Crippen LogP) is 2.60. The maximum Gasteiger partial charge on any atom is 0.226 e. The second kappa shape index (κ2) is 5.21. The zero-order valence-electron chi connectivity index (χ0n) is 12.4. The largest absolute Gasteiger partial charge is 0.339 e. The number of amides is 1. The molecule has 1 aromatic rings. The first kappa shape index (κ1) is 13.6. The first-order valence-electron chi connectivity index (χ1n) is 7.66. The summed E-state index contributed by atoms with van der Waals surface area (Å²) in [4.78, 5) is 14.6. The molecule has 2 unspecified atom stereocenters. The summed E-state index contributed by atoms with van der Waals surface area (Å²) in [6, 6.07) is 10.4. The molecule has 1 heterocycles. The molecule has 2 atom stereocenters. The lowest BCUT2D eigenvalue weighted by molar-refractivity contribution is -0.134. The van der Waals surface area contributed by atoms with E-state index in [9.17, 15) is 4.79 Å². The van der Waals surface area contributed by atoms with Crippen LogP contribution >= 0.6 is 0 Å². The lowest BCUT2D eigenvalue weighted by Crippen LogP contribution is -2.35. The minimum absolute atomic E-state index is 0.156. The van der Waals surface area contributed by atoms with Crippen LogP contribution in [0.25, 0.3) is 0 Å². The molecule has 2 aliphatic rings. The molecule has 1 aromatic carbocycles. The van der Waals surface area contributed by atoms with E-state index in [1.165, 1.54) is 5.56 Å². The van der Waals surface area contributed by atoms with E-state index >= 15 is 0 Å². The SMILES string of the molecule is CC(c1ccccc1)N(C)C(=O)C1CC12CCNCC2. The molecule has 3 rings (SSSR count). The molecule has 0 radical (unpaired) electrons. The summed E-state index contributed by atoms with van der Waals surface area (Å²) in [6.07, 6.45) is 3.42. The van der Waals surface area contributed by atoms with Crippen molar-refractivity contribution < 1.29 is 4.79 Å². The highest BCUT2D eigenvalue weighted by Crippen LogP contribution is 2.59. The van der Waals surface area contributed by atoms with E-state index in [-0.39, 0.29) is 12.0 Å². The van der Waals surface area contributed by atoms with Crippen LogP contribution < -0.4 is 5.32 Å². The molecule has 1 saturated carbocycles. The van der Waals surface area contributed by atoms with Crippen molar-refractivity contribution in [3.05, 3.63) is 35.9 Å². The van der Waals surface area contributed by atoms with Gasteiger partial charge in [0.2, 0.25) is 5.91 Å². The fraction of sp³-hybridized carbons (Fsp3) is 0.588. The van der Waals surface area contributed by atoms with E-state index < -0.39 is 0 Å². The van der Waals surface area contributed by atoms with Gasteiger partial charge < -0.3 is 10.2 Å². The highest BCUT2D eigenvalue weighted by atomic mass is 16.2. The van der Waals surface area contributed by atoms with Crippen molar-refractivity contribution in [1.82, 2.24) is 10.2 Å². The van der Waals surface area contributed by atoms with E-state index in [0.29, 0.717) is 11.3 Å². The van der Waals surface area contributed by atoms with E-state index in [1.54, 1.807) is 0 Å². The van der Waals surface area contributed by atoms with E-state index in [1.807, 2.05) is 30.1 Å². The van der Waals surface area contributed by atoms with Gasteiger partial charge in [0, 0.05) is 13.0 Å². The van der Waals surface area contributed by atoms with E-state index in [4.69, 9.17) is 0 Å². The number of hydrogen-bond acceptors (Lipinski definition) is 2. The molecular formula is C17H24N2O. The summed E-state index contributed by atoms with van der Waals surface area (Å²) < 4.78 is 0.